The molecule has 32 heavy (non-hydrogen) atoms. The first-order chi connectivity index (χ1) is 14.6. The molecule has 1 aromatic carbocycles. The molecule has 0 fully saturated rings. The third-order valence-corrected chi connectivity index (χ3v) is 5.32. The maximum atomic E-state index is 12.7. The topological polar surface area (TPSA) is 75.1 Å². The lowest BCUT2D eigenvalue weighted by Crippen LogP contribution is -2.44. The summed E-state index contributed by atoms with van der Waals surface area (Å²) in [4.78, 5) is 18.5. The second kappa shape index (κ2) is 8.73. The highest BCUT2D eigenvalue weighted by molar-refractivity contribution is 7.59. The first-order valence-electron chi connectivity index (χ1n) is 9.65. The van der Waals surface area contributed by atoms with Gasteiger partial charge in [-0.15, -0.1) is 0 Å². The zero-order chi connectivity index (χ0) is 22.3. The number of carbonyl (C=O) groups excluding carboxylic acids is 1. The number of hydrogen-bond donors (Lipinski definition) is 2. The van der Waals surface area contributed by atoms with E-state index in [4.69, 9.17) is 0 Å². The molecule has 1 amide bonds. The van der Waals surface area contributed by atoms with E-state index in [0.29, 0.717) is 29.4 Å². The number of amides is 1. The fourth-order valence-corrected chi connectivity index (χ4v) is 3.37. The molecule has 0 aliphatic carbocycles. The Hall–Kier alpha value is -3.21. The molecule has 3 heterocycles. The van der Waals surface area contributed by atoms with Gasteiger partial charge in [0.2, 0.25) is 5.91 Å². The lowest BCUT2D eigenvalue weighted by Gasteiger charge is -2.34. The van der Waals surface area contributed by atoms with Gasteiger partial charge in [0.25, 0.3) is 0 Å². The molecule has 0 bridgehead atoms. The predicted molar refractivity (Wildman–Crippen MR) is 122 cm³/mol. The molecular weight excluding hydrogens is 441 g/mol. The summed E-state index contributed by atoms with van der Waals surface area (Å²) in [6, 6.07) is 9.60. The van der Waals surface area contributed by atoms with Crippen molar-refractivity contribution in [3.63, 3.8) is 0 Å². The second-order valence-corrected chi connectivity index (χ2v) is 7.43. The van der Waals surface area contributed by atoms with Gasteiger partial charge in [0.05, 0.1) is 22.8 Å². The number of rotatable bonds is 4. The third kappa shape index (κ3) is 4.52. The first-order valence-corrected chi connectivity index (χ1v) is 9.65. The van der Waals surface area contributed by atoms with Crippen molar-refractivity contribution < 1.29 is 18.0 Å². The zero-order valence-electron chi connectivity index (χ0n) is 17.7. The van der Waals surface area contributed by atoms with Crippen LogP contribution in [0.2, 0.25) is 0 Å². The van der Waals surface area contributed by atoms with E-state index in [1.807, 2.05) is 44.0 Å². The minimum atomic E-state index is -4.47. The maximum Gasteiger partial charge on any atom is 0.435 e. The Labute approximate surface area is 190 Å². The average molecular weight is 465 g/mol. The van der Waals surface area contributed by atoms with Crippen LogP contribution in [0.15, 0.2) is 42.6 Å². The number of aryl methyl sites for hydroxylation is 1. The molecule has 11 heteroatoms. The number of alkyl halides is 3. The van der Waals surface area contributed by atoms with Crippen LogP contribution in [-0.4, -0.2) is 33.8 Å². The van der Waals surface area contributed by atoms with Gasteiger partial charge in [-0.3, -0.25) is 4.79 Å². The molecule has 0 spiro atoms. The SMILES string of the molecule is Cc1nc(NCc2ccc(-n3ccc(C(F)(F)F)n3)cc2)cc2c1NC(=O)[C@H](C)N2C.S. The molecule has 0 unspecified atom stereocenters. The highest BCUT2D eigenvalue weighted by Gasteiger charge is 2.33. The number of hydrogen-bond acceptors (Lipinski definition) is 5. The molecule has 2 aromatic heterocycles. The van der Waals surface area contributed by atoms with E-state index in [-0.39, 0.29) is 25.4 Å². The molecule has 1 aliphatic heterocycles. The molecule has 0 radical (unpaired) electrons. The van der Waals surface area contributed by atoms with E-state index in [9.17, 15) is 18.0 Å². The van der Waals surface area contributed by atoms with Crippen molar-refractivity contribution in [3.05, 3.63) is 59.5 Å². The van der Waals surface area contributed by atoms with Crippen LogP contribution in [0.25, 0.3) is 5.69 Å². The summed E-state index contributed by atoms with van der Waals surface area (Å²) in [6.07, 6.45) is -3.18. The summed E-state index contributed by atoms with van der Waals surface area (Å²) in [6.45, 7) is 4.15. The van der Waals surface area contributed by atoms with E-state index in [1.54, 1.807) is 12.1 Å². The smallest absolute Gasteiger partial charge is 0.366 e. The standard InChI is InChI=1S/C21H21F3N6O.H2S/c1-12-19-16(29(3)13(2)20(31)27-19)10-18(26-12)25-11-14-4-6-15(7-5-14)30-9-8-17(28-30)21(22,23)24;/h4-10,13H,11H2,1-3H3,(H,25,26)(H,27,31);1H2/t13-;/m0./s1. The summed E-state index contributed by atoms with van der Waals surface area (Å²) < 4.78 is 39.4. The monoisotopic (exact) mass is 464 g/mol. The van der Waals surface area contributed by atoms with Crippen LogP contribution in [0.1, 0.15) is 23.9 Å². The van der Waals surface area contributed by atoms with Crippen molar-refractivity contribution >= 4 is 36.6 Å². The van der Waals surface area contributed by atoms with Crippen molar-refractivity contribution in [1.29, 1.82) is 0 Å². The van der Waals surface area contributed by atoms with Gasteiger partial charge >= 0.3 is 6.18 Å². The van der Waals surface area contributed by atoms with Crippen LogP contribution < -0.4 is 15.5 Å². The van der Waals surface area contributed by atoms with Gasteiger partial charge in [-0.25, -0.2) is 9.67 Å². The third-order valence-electron chi connectivity index (χ3n) is 5.32. The molecule has 0 saturated heterocycles. The van der Waals surface area contributed by atoms with E-state index in [1.165, 1.54) is 10.9 Å². The maximum absolute atomic E-state index is 12.7. The predicted octanol–water partition coefficient (Wildman–Crippen LogP) is 4.10. The van der Waals surface area contributed by atoms with Crippen LogP contribution in [0.5, 0.6) is 0 Å². The van der Waals surface area contributed by atoms with E-state index in [0.717, 1.165) is 17.3 Å². The minimum Gasteiger partial charge on any atom is -0.366 e. The first kappa shape index (κ1) is 23.5. The molecule has 7 nitrogen and oxygen atoms in total. The van der Waals surface area contributed by atoms with Gasteiger partial charge < -0.3 is 15.5 Å². The van der Waals surface area contributed by atoms with E-state index < -0.39 is 11.9 Å². The van der Waals surface area contributed by atoms with Gasteiger partial charge in [-0.1, -0.05) is 12.1 Å². The van der Waals surface area contributed by atoms with E-state index in [2.05, 4.69) is 20.7 Å². The normalized spacial score (nSPS) is 15.6. The number of nitrogens with one attached hydrogen (secondary N) is 2. The van der Waals surface area contributed by atoms with Crippen LogP contribution in [-0.2, 0) is 17.5 Å². The largest absolute Gasteiger partial charge is 0.435 e. The highest BCUT2D eigenvalue weighted by Crippen LogP contribution is 2.35. The highest BCUT2D eigenvalue weighted by atomic mass is 32.1. The van der Waals surface area contributed by atoms with Gasteiger partial charge in [0.1, 0.15) is 11.9 Å². The molecule has 170 valence electrons. The van der Waals surface area contributed by atoms with Gasteiger partial charge in [-0.05, 0) is 37.6 Å². The summed E-state index contributed by atoms with van der Waals surface area (Å²) in [5, 5.41) is 9.73. The zero-order valence-corrected chi connectivity index (χ0v) is 18.7. The Morgan fingerprint density at radius 2 is 1.88 bits per heavy atom. The lowest BCUT2D eigenvalue weighted by atomic mass is 10.1. The van der Waals surface area contributed by atoms with Crippen LogP contribution in [0.3, 0.4) is 0 Å². The summed E-state index contributed by atoms with van der Waals surface area (Å²) in [7, 11) is 1.86. The number of benzene rings is 1. The van der Waals surface area contributed by atoms with Gasteiger partial charge in [-0.2, -0.15) is 31.8 Å². The van der Waals surface area contributed by atoms with Crippen molar-refractivity contribution in [2.45, 2.75) is 32.6 Å². The molecule has 4 rings (SSSR count). The number of carbonyl (C=O) groups is 1. The fourth-order valence-electron chi connectivity index (χ4n) is 3.37. The Bertz CT molecular complexity index is 1130. The summed E-state index contributed by atoms with van der Waals surface area (Å²) in [5.41, 5.74) is 2.84. The number of aromatic nitrogens is 3. The van der Waals surface area contributed by atoms with Gasteiger partial charge in [0, 0.05) is 25.9 Å². The summed E-state index contributed by atoms with van der Waals surface area (Å²) >= 11 is 0. The fraction of sp³-hybridized carbons (Fsp3) is 0.286. The second-order valence-electron chi connectivity index (χ2n) is 7.43. The van der Waals surface area contributed by atoms with Crippen molar-refractivity contribution in [2.24, 2.45) is 0 Å². The summed E-state index contributed by atoms with van der Waals surface area (Å²) in [5.74, 6) is 0.595. The van der Waals surface area contributed by atoms with Gasteiger partial charge in [0.15, 0.2) is 5.69 Å². The van der Waals surface area contributed by atoms with E-state index >= 15 is 0 Å². The molecule has 0 saturated carbocycles. The van der Waals surface area contributed by atoms with Crippen LogP contribution in [0.4, 0.5) is 30.4 Å². The van der Waals surface area contributed by atoms with Crippen molar-refractivity contribution in [2.75, 3.05) is 22.6 Å². The average Bonchev–Trinajstić information content (AvgIpc) is 3.23. The lowest BCUT2D eigenvalue weighted by molar-refractivity contribution is -0.141. The van der Waals surface area contributed by atoms with Crippen LogP contribution >= 0.6 is 13.5 Å². The molecule has 1 aliphatic rings. The number of pyridine rings is 1. The Morgan fingerprint density at radius 1 is 1.19 bits per heavy atom. The van der Waals surface area contributed by atoms with Crippen molar-refractivity contribution in [3.8, 4) is 5.69 Å². The number of anilines is 3. The molecular formula is C21H23F3N6OS. The van der Waals surface area contributed by atoms with Crippen molar-refractivity contribution in [1.82, 2.24) is 14.8 Å². The minimum absolute atomic E-state index is 0. The Kier molecular flexibility index (Phi) is 6.40. The molecule has 3 aromatic rings. The quantitative estimate of drug-likeness (QED) is 0.608. The molecule has 1 atom stereocenters. The number of nitrogens with zero attached hydrogens (tertiary/aromatic N) is 4. The van der Waals surface area contributed by atoms with Crippen LogP contribution in [0, 0.1) is 6.92 Å². The number of halogens is 3. The molecule has 2 N–H and O–H groups in total. The number of fused-ring (bicyclic) bond motifs is 1. The number of likely N-dealkylation sites (N-methyl/N-ethyl adjacent to an activating group) is 1. The Balaban J connectivity index is 0.00000289. The Morgan fingerprint density at radius 3 is 2.50 bits per heavy atom.